The van der Waals surface area contributed by atoms with Gasteiger partial charge in [-0.1, -0.05) is 6.07 Å². The van der Waals surface area contributed by atoms with Crippen molar-refractivity contribution in [3.05, 3.63) is 53.6 Å². The quantitative estimate of drug-likeness (QED) is 0.735. The molecule has 1 heterocycles. The molecule has 0 aliphatic carbocycles. The van der Waals surface area contributed by atoms with Crippen molar-refractivity contribution in [2.75, 3.05) is 5.73 Å². The molecule has 106 valence electrons. The minimum absolute atomic E-state index is 0.246. The topological polar surface area (TPSA) is 69.6 Å². The zero-order valence-electron chi connectivity index (χ0n) is 11.1. The smallest absolute Gasteiger partial charge is 0.189 e. The maximum Gasteiger partial charge on any atom is 0.189 e. The van der Waals surface area contributed by atoms with Crippen molar-refractivity contribution in [1.82, 2.24) is 20.2 Å². The molecule has 3 rings (SSSR count). The van der Waals surface area contributed by atoms with Crippen LogP contribution in [0, 0.1) is 18.6 Å². The van der Waals surface area contributed by atoms with E-state index in [4.69, 9.17) is 5.73 Å². The zero-order chi connectivity index (χ0) is 15.0. The third-order valence-corrected chi connectivity index (χ3v) is 3.13. The molecule has 5 nitrogen and oxygen atoms in total. The van der Waals surface area contributed by atoms with Crippen LogP contribution in [0.15, 0.2) is 36.4 Å². The summed E-state index contributed by atoms with van der Waals surface area (Å²) in [4.78, 5) is 0. The highest BCUT2D eigenvalue weighted by molar-refractivity contribution is 5.72. The molecule has 0 bridgehead atoms. The fourth-order valence-electron chi connectivity index (χ4n) is 1.96. The van der Waals surface area contributed by atoms with E-state index in [1.165, 1.54) is 28.9 Å². The number of tetrazole rings is 1. The molecule has 0 saturated carbocycles. The van der Waals surface area contributed by atoms with E-state index in [1.807, 2.05) is 0 Å². The van der Waals surface area contributed by atoms with E-state index in [2.05, 4.69) is 15.5 Å². The van der Waals surface area contributed by atoms with E-state index in [0.29, 0.717) is 22.5 Å². The number of aromatic nitrogens is 4. The van der Waals surface area contributed by atoms with Gasteiger partial charge < -0.3 is 5.73 Å². The van der Waals surface area contributed by atoms with Crippen molar-refractivity contribution in [2.45, 2.75) is 6.92 Å². The predicted molar refractivity (Wildman–Crippen MR) is 73.7 cm³/mol. The third kappa shape index (κ3) is 2.33. The van der Waals surface area contributed by atoms with Gasteiger partial charge in [-0.15, -0.1) is 5.10 Å². The Bertz CT molecular complexity index is 813. The highest BCUT2D eigenvalue weighted by atomic mass is 19.1. The average molecular weight is 287 g/mol. The Morgan fingerprint density at radius 3 is 2.67 bits per heavy atom. The van der Waals surface area contributed by atoms with Gasteiger partial charge in [0.05, 0.1) is 5.69 Å². The number of halogens is 2. The van der Waals surface area contributed by atoms with E-state index in [1.54, 1.807) is 19.1 Å². The van der Waals surface area contributed by atoms with Crippen LogP contribution in [0.2, 0.25) is 0 Å². The molecule has 0 radical (unpaired) electrons. The van der Waals surface area contributed by atoms with Gasteiger partial charge in [-0.05, 0) is 53.2 Å². The normalized spacial score (nSPS) is 10.8. The standard InChI is InChI=1S/C14H11F2N5/c1-8-2-4-10(7-12(8)16)21-14(18-19-20-21)11-6-9(15)3-5-13(11)17/h2-7H,17H2,1H3. The van der Waals surface area contributed by atoms with Crippen molar-refractivity contribution in [3.8, 4) is 17.1 Å². The minimum atomic E-state index is -0.455. The highest BCUT2D eigenvalue weighted by Gasteiger charge is 2.15. The van der Waals surface area contributed by atoms with Crippen LogP contribution in [0.1, 0.15) is 5.56 Å². The molecule has 2 aromatic carbocycles. The molecule has 0 unspecified atom stereocenters. The van der Waals surface area contributed by atoms with Crippen molar-refractivity contribution in [3.63, 3.8) is 0 Å². The van der Waals surface area contributed by atoms with Crippen LogP contribution in [0.25, 0.3) is 17.1 Å². The van der Waals surface area contributed by atoms with Crippen LogP contribution < -0.4 is 5.73 Å². The Morgan fingerprint density at radius 2 is 1.90 bits per heavy atom. The van der Waals surface area contributed by atoms with Gasteiger partial charge in [0.25, 0.3) is 0 Å². The van der Waals surface area contributed by atoms with Gasteiger partial charge >= 0.3 is 0 Å². The zero-order valence-corrected chi connectivity index (χ0v) is 11.1. The second-order valence-corrected chi connectivity index (χ2v) is 4.58. The summed E-state index contributed by atoms with van der Waals surface area (Å²) >= 11 is 0. The van der Waals surface area contributed by atoms with Gasteiger partial charge in [-0.2, -0.15) is 4.68 Å². The molecule has 7 heteroatoms. The lowest BCUT2D eigenvalue weighted by atomic mass is 10.1. The number of aryl methyl sites for hydroxylation is 1. The van der Waals surface area contributed by atoms with E-state index >= 15 is 0 Å². The first-order valence-electron chi connectivity index (χ1n) is 6.16. The maximum absolute atomic E-state index is 13.7. The summed E-state index contributed by atoms with van der Waals surface area (Å²) in [5.74, 6) is -0.583. The summed E-state index contributed by atoms with van der Waals surface area (Å²) in [5, 5.41) is 11.2. The van der Waals surface area contributed by atoms with Crippen LogP contribution in [-0.4, -0.2) is 20.2 Å². The lowest BCUT2D eigenvalue weighted by Crippen LogP contribution is -2.03. The van der Waals surface area contributed by atoms with Gasteiger partial charge in [0.2, 0.25) is 0 Å². The van der Waals surface area contributed by atoms with E-state index in [9.17, 15) is 8.78 Å². The van der Waals surface area contributed by atoms with Gasteiger partial charge in [0, 0.05) is 11.3 Å². The van der Waals surface area contributed by atoms with Crippen LogP contribution in [0.5, 0.6) is 0 Å². The number of hydrogen-bond donors (Lipinski definition) is 1. The molecule has 0 saturated heterocycles. The van der Waals surface area contributed by atoms with Crippen molar-refractivity contribution in [2.24, 2.45) is 0 Å². The monoisotopic (exact) mass is 287 g/mol. The number of anilines is 1. The molecule has 2 N–H and O–H groups in total. The van der Waals surface area contributed by atoms with Gasteiger partial charge in [-0.3, -0.25) is 0 Å². The third-order valence-electron chi connectivity index (χ3n) is 3.13. The van der Waals surface area contributed by atoms with Gasteiger partial charge in [0.15, 0.2) is 5.82 Å². The molecule has 0 aliphatic heterocycles. The largest absolute Gasteiger partial charge is 0.398 e. The number of nitrogens with two attached hydrogens (primary N) is 1. The first-order valence-corrected chi connectivity index (χ1v) is 6.16. The molecule has 0 aliphatic rings. The Morgan fingerprint density at radius 1 is 1.10 bits per heavy atom. The second-order valence-electron chi connectivity index (χ2n) is 4.58. The van der Waals surface area contributed by atoms with Crippen molar-refractivity contribution >= 4 is 5.69 Å². The number of benzene rings is 2. The van der Waals surface area contributed by atoms with Crippen LogP contribution in [0.3, 0.4) is 0 Å². The molecule has 0 fully saturated rings. The Kier molecular flexibility index (Phi) is 3.09. The molecule has 3 aromatic rings. The Balaban J connectivity index is 2.17. The lowest BCUT2D eigenvalue weighted by molar-refractivity contribution is 0.615. The number of hydrogen-bond acceptors (Lipinski definition) is 4. The number of nitrogen functional groups attached to an aromatic ring is 1. The van der Waals surface area contributed by atoms with E-state index < -0.39 is 5.82 Å². The summed E-state index contributed by atoms with van der Waals surface area (Å²) in [6.45, 7) is 1.66. The van der Waals surface area contributed by atoms with Crippen LogP contribution >= 0.6 is 0 Å². The first kappa shape index (κ1) is 13.2. The number of rotatable bonds is 2. The Labute approximate surface area is 119 Å². The fraction of sp³-hybridized carbons (Fsp3) is 0.0714. The van der Waals surface area contributed by atoms with Gasteiger partial charge in [-0.25, -0.2) is 8.78 Å². The Hall–Kier alpha value is -2.83. The van der Waals surface area contributed by atoms with Gasteiger partial charge in [0.1, 0.15) is 11.6 Å². The molecule has 0 amide bonds. The predicted octanol–water partition coefficient (Wildman–Crippen LogP) is 2.50. The second kappa shape index (κ2) is 4.93. The molecular formula is C14H11F2N5. The summed E-state index contributed by atoms with van der Waals surface area (Å²) in [6.07, 6.45) is 0. The molecule has 1 aromatic heterocycles. The van der Waals surface area contributed by atoms with E-state index in [0.717, 1.165) is 0 Å². The SMILES string of the molecule is Cc1ccc(-n2nnnc2-c2cc(F)ccc2N)cc1F. The van der Waals surface area contributed by atoms with Crippen LogP contribution in [0.4, 0.5) is 14.5 Å². The molecule has 21 heavy (non-hydrogen) atoms. The first-order chi connectivity index (χ1) is 10.1. The molecule has 0 atom stereocenters. The van der Waals surface area contributed by atoms with Crippen molar-refractivity contribution < 1.29 is 8.78 Å². The molecular weight excluding hydrogens is 276 g/mol. The minimum Gasteiger partial charge on any atom is -0.398 e. The summed E-state index contributed by atoms with van der Waals surface area (Å²) < 4.78 is 28.4. The van der Waals surface area contributed by atoms with Crippen LogP contribution in [-0.2, 0) is 0 Å². The average Bonchev–Trinajstić information content (AvgIpc) is 2.93. The van der Waals surface area contributed by atoms with E-state index in [-0.39, 0.29) is 11.6 Å². The summed E-state index contributed by atoms with van der Waals surface area (Å²) in [5.41, 5.74) is 7.46. The van der Waals surface area contributed by atoms with Crippen molar-refractivity contribution in [1.29, 1.82) is 0 Å². The molecule has 0 spiro atoms. The lowest BCUT2D eigenvalue weighted by Gasteiger charge is -2.08. The highest BCUT2D eigenvalue weighted by Crippen LogP contribution is 2.26. The maximum atomic E-state index is 13.7. The fourth-order valence-corrected chi connectivity index (χ4v) is 1.96. The summed E-state index contributed by atoms with van der Waals surface area (Å²) in [7, 11) is 0. The number of nitrogens with zero attached hydrogens (tertiary/aromatic N) is 4. The summed E-state index contributed by atoms with van der Waals surface area (Å²) in [6, 6.07) is 8.52.